The summed E-state index contributed by atoms with van der Waals surface area (Å²) in [5.74, 6) is -0.664. The lowest BCUT2D eigenvalue weighted by atomic mass is 10.2. The van der Waals surface area contributed by atoms with Gasteiger partial charge in [-0.2, -0.15) is 13.2 Å². The first-order valence-electron chi connectivity index (χ1n) is 4.95. The van der Waals surface area contributed by atoms with Gasteiger partial charge in [-0.1, -0.05) is 16.8 Å². The van der Waals surface area contributed by atoms with Crippen LogP contribution in [0.15, 0.2) is 35.2 Å². The minimum Gasteiger partial charge on any atom is -0.364 e. The molecule has 1 amide bonds. The summed E-state index contributed by atoms with van der Waals surface area (Å²) < 4.78 is 42.0. The number of anilines is 1. The SMILES string of the molecule is O=C(Nc1cc(C(F)(F)F)ccc1Cl)c1cnoc1. The highest BCUT2D eigenvalue weighted by molar-refractivity contribution is 6.33. The molecule has 8 heteroatoms. The minimum absolute atomic E-state index is 0.00203. The van der Waals surface area contributed by atoms with Crippen LogP contribution in [0.25, 0.3) is 0 Å². The quantitative estimate of drug-likeness (QED) is 0.919. The first-order chi connectivity index (χ1) is 8.88. The summed E-state index contributed by atoms with van der Waals surface area (Å²) in [5.41, 5.74) is -0.964. The van der Waals surface area contributed by atoms with E-state index < -0.39 is 17.6 Å². The Kier molecular flexibility index (Phi) is 3.48. The van der Waals surface area contributed by atoms with Crippen molar-refractivity contribution in [2.24, 2.45) is 0 Å². The maximum atomic E-state index is 12.5. The number of nitrogens with one attached hydrogen (secondary N) is 1. The highest BCUT2D eigenvalue weighted by atomic mass is 35.5. The molecular formula is C11H6ClF3N2O2. The van der Waals surface area contributed by atoms with Gasteiger partial charge in [0.15, 0.2) is 0 Å². The lowest BCUT2D eigenvalue weighted by Gasteiger charge is -2.10. The van der Waals surface area contributed by atoms with Gasteiger partial charge < -0.3 is 9.84 Å². The number of hydrogen-bond donors (Lipinski definition) is 1. The highest BCUT2D eigenvalue weighted by Gasteiger charge is 2.31. The van der Waals surface area contributed by atoms with Crippen molar-refractivity contribution in [1.82, 2.24) is 5.16 Å². The molecule has 1 aromatic heterocycles. The molecule has 1 heterocycles. The maximum Gasteiger partial charge on any atom is 0.416 e. The molecule has 2 rings (SSSR count). The largest absolute Gasteiger partial charge is 0.416 e. The van der Waals surface area contributed by atoms with Crippen molar-refractivity contribution < 1.29 is 22.5 Å². The van der Waals surface area contributed by atoms with Crippen molar-refractivity contribution >= 4 is 23.2 Å². The average Bonchev–Trinajstić information content (AvgIpc) is 2.84. The van der Waals surface area contributed by atoms with E-state index in [-0.39, 0.29) is 16.3 Å². The van der Waals surface area contributed by atoms with Crippen molar-refractivity contribution in [1.29, 1.82) is 0 Å². The van der Waals surface area contributed by atoms with Crippen LogP contribution in [0.5, 0.6) is 0 Å². The van der Waals surface area contributed by atoms with Crippen molar-refractivity contribution in [2.45, 2.75) is 6.18 Å². The third kappa shape index (κ3) is 3.05. The Labute approximate surface area is 110 Å². The smallest absolute Gasteiger partial charge is 0.364 e. The zero-order chi connectivity index (χ0) is 14.0. The molecule has 0 bridgehead atoms. The van der Waals surface area contributed by atoms with Gasteiger partial charge in [-0.05, 0) is 18.2 Å². The highest BCUT2D eigenvalue weighted by Crippen LogP contribution is 2.33. The van der Waals surface area contributed by atoms with Crippen LogP contribution < -0.4 is 5.32 Å². The summed E-state index contributed by atoms with van der Waals surface area (Å²) in [6.45, 7) is 0. The first kappa shape index (κ1) is 13.4. The first-order valence-corrected chi connectivity index (χ1v) is 5.33. The third-order valence-corrected chi connectivity index (χ3v) is 2.57. The molecule has 4 nitrogen and oxygen atoms in total. The van der Waals surface area contributed by atoms with Gasteiger partial charge >= 0.3 is 6.18 Å². The van der Waals surface area contributed by atoms with E-state index in [1.54, 1.807) is 0 Å². The topological polar surface area (TPSA) is 55.1 Å². The molecule has 0 atom stereocenters. The van der Waals surface area contributed by atoms with Gasteiger partial charge in [0, 0.05) is 0 Å². The number of benzene rings is 1. The summed E-state index contributed by atoms with van der Waals surface area (Å²) in [6, 6.07) is 2.65. The molecular weight excluding hydrogens is 285 g/mol. The number of hydrogen-bond acceptors (Lipinski definition) is 3. The fraction of sp³-hybridized carbons (Fsp3) is 0.0909. The van der Waals surface area contributed by atoms with Crippen molar-refractivity contribution in [3.63, 3.8) is 0 Å². The third-order valence-electron chi connectivity index (χ3n) is 2.24. The number of carbonyl (C=O) groups is 1. The van der Waals surface area contributed by atoms with Gasteiger partial charge in [-0.25, -0.2) is 0 Å². The van der Waals surface area contributed by atoms with E-state index >= 15 is 0 Å². The van der Waals surface area contributed by atoms with Gasteiger partial charge in [0.25, 0.3) is 5.91 Å². The number of amides is 1. The Bertz CT molecular complexity index is 596. The second-order valence-electron chi connectivity index (χ2n) is 3.56. The second kappa shape index (κ2) is 4.93. The number of nitrogens with zero attached hydrogens (tertiary/aromatic N) is 1. The Hall–Kier alpha value is -2.02. The number of halogens is 4. The molecule has 0 unspecified atom stereocenters. The Balaban J connectivity index is 2.27. The maximum absolute atomic E-state index is 12.5. The van der Waals surface area contributed by atoms with E-state index in [1.807, 2.05) is 0 Å². The summed E-state index contributed by atoms with van der Waals surface area (Å²) in [6.07, 6.45) is -2.31. The van der Waals surface area contributed by atoms with Crippen molar-refractivity contribution in [3.05, 3.63) is 46.8 Å². The van der Waals surface area contributed by atoms with E-state index in [2.05, 4.69) is 15.0 Å². The van der Waals surface area contributed by atoms with Crippen LogP contribution in [0.1, 0.15) is 15.9 Å². The van der Waals surface area contributed by atoms with Crippen molar-refractivity contribution in [2.75, 3.05) is 5.32 Å². The Morgan fingerprint density at radius 2 is 2.11 bits per heavy atom. The summed E-state index contributed by atoms with van der Waals surface area (Å²) >= 11 is 5.73. The second-order valence-corrected chi connectivity index (χ2v) is 3.97. The molecule has 2 aromatic rings. The average molecular weight is 291 g/mol. The Morgan fingerprint density at radius 3 is 2.68 bits per heavy atom. The van der Waals surface area contributed by atoms with Crippen LogP contribution in [-0.2, 0) is 6.18 Å². The van der Waals surface area contributed by atoms with Crippen LogP contribution in [0.2, 0.25) is 5.02 Å². The molecule has 0 aliphatic carbocycles. The molecule has 19 heavy (non-hydrogen) atoms. The molecule has 0 radical (unpaired) electrons. The summed E-state index contributed by atoms with van der Waals surface area (Å²) in [7, 11) is 0. The monoisotopic (exact) mass is 290 g/mol. The zero-order valence-electron chi connectivity index (χ0n) is 9.16. The Morgan fingerprint density at radius 1 is 1.37 bits per heavy atom. The van der Waals surface area contributed by atoms with Gasteiger partial charge in [0.1, 0.15) is 6.26 Å². The number of rotatable bonds is 2. The minimum atomic E-state index is -4.51. The molecule has 0 aliphatic rings. The molecule has 0 spiro atoms. The van der Waals surface area contributed by atoms with E-state index in [0.717, 1.165) is 30.7 Å². The van der Waals surface area contributed by atoms with E-state index in [1.165, 1.54) is 0 Å². The predicted octanol–water partition coefficient (Wildman–Crippen LogP) is 3.60. The van der Waals surface area contributed by atoms with Gasteiger partial charge in [0.05, 0.1) is 28.0 Å². The molecule has 0 saturated carbocycles. The molecule has 1 aromatic carbocycles. The fourth-order valence-electron chi connectivity index (χ4n) is 1.31. The molecule has 0 aliphatic heterocycles. The van der Waals surface area contributed by atoms with E-state index in [0.29, 0.717) is 0 Å². The summed E-state index contributed by atoms with van der Waals surface area (Å²) in [5, 5.41) is 5.57. The van der Waals surface area contributed by atoms with Crippen LogP contribution in [-0.4, -0.2) is 11.1 Å². The standard InChI is InChI=1S/C11H6ClF3N2O2/c12-8-2-1-7(11(13,14)15)3-9(8)17-10(18)6-4-16-19-5-6/h1-5H,(H,17,18). The summed E-state index contributed by atoms with van der Waals surface area (Å²) in [4.78, 5) is 11.6. The van der Waals surface area contributed by atoms with E-state index in [9.17, 15) is 18.0 Å². The lowest BCUT2D eigenvalue weighted by molar-refractivity contribution is -0.137. The van der Waals surface area contributed by atoms with Gasteiger partial charge in [0.2, 0.25) is 0 Å². The van der Waals surface area contributed by atoms with Gasteiger partial charge in [-0.3, -0.25) is 4.79 Å². The van der Waals surface area contributed by atoms with Gasteiger partial charge in [-0.15, -0.1) is 0 Å². The van der Waals surface area contributed by atoms with Crippen LogP contribution in [0, 0.1) is 0 Å². The van der Waals surface area contributed by atoms with Crippen LogP contribution in [0.3, 0.4) is 0 Å². The van der Waals surface area contributed by atoms with Crippen LogP contribution >= 0.6 is 11.6 Å². The normalized spacial score (nSPS) is 11.4. The molecule has 1 N–H and O–H groups in total. The lowest BCUT2D eigenvalue weighted by Crippen LogP contribution is -2.13. The van der Waals surface area contributed by atoms with Crippen LogP contribution in [0.4, 0.5) is 18.9 Å². The van der Waals surface area contributed by atoms with E-state index in [4.69, 9.17) is 11.6 Å². The number of aromatic nitrogens is 1. The van der Waals surface area contributed by atoms with Crippen molar-refractivity contribution in [3.8, 4) is 0 Å². The predicted molar refractivity (Wildman–Crippen MR) is 60.9 cm³/mol. The number of alkyl halides is 3. The molecule has 0 fully saturated rings. The molecule has 0 saturated heterocycles. The number of carbonyl (C=O) groups excluding carboxylic acids is 1. The zero-order valence-corrected chi connectivity index (χ0v) is 9.92. The fourth-order valence-corrected chi connectivity index (χ4v) is 1.47. The molecule has 100 valence electrons.